The van der Waals surface area contributed by atoms with Gasteiger partial charge in [-0.1, -0.05) is 24.3 Å². The van der Waals surface area contributed by atoms with Crippen LogP contribution in [0.25, 0.3) is 0 Å². The average molecular weight is 387 g/mol. The van der Waals surface area contributed by atoms with Crippen molar-refractivity contribution in [2.24, 2.45) is 5.73 Å². The molecule has 2 aromatic carbocycles. The Morgan fingerprint density at radius 2 is 1.74 bits per heavy atom. The summed E-state index contributed by atoms with van der Waals surface area (Å²) in [7, 11) is 0. The second-order valence-corrected chi connectivity index (χ2v) is 6.93. The van der Waals surface area contributed by atoms with Gasteiger partial charge in [0.05, 0.1) is 17.9 Å². The molecule has 0 aromatic heterocycles. The van der Waals surface area contributed by atoms with E-state index in [2.05, 4.69) is 10.6 Å². The van der Waals surface area contributed by atoms with Crippen LogP contribution in [0, 0.1) is 0 Å². The van der Waals surface area contributed by atoms with Crippen LogP contribution in [0.5, 0.6) is 0 Å². The fraction of sp³-hybridized carbons (Fsp3) is 0.300. The van der Waals surface area contributed by atoms with E-state index in [0.29, 0.717) is 12.1 Å². The number of rotatable bonds is 3. The zero-order valence-corrected chi connectivity index (χ0v) is 15.7. The van der Waals surface area contributed by atoms with Crippen molar-refractivity contribution in [3.63, 3.8) is 0 Å². The van der Waals surface area contributed by atoms with Gasteiger partial charge in [-0.15, -0.1) is 12.4 Å². The first-order chi connectivity index (χ1) is 12.6. The monoisotopic (exact) mass is 386 g/mol. The topological polar surface area (TPSA) is 87.5 Å². The van der Waals surface area contributed by atoms with Crippen molar-refractivity contribution in [2.45, 2.75) is 24.9 Å². The highest BCUT2D eigenvalue weighted by molar-refractivity contribution is 6.08. The van der Waals surface area contributed by atoms with Crippen LogP contribution >= 0.6 is 12.4 Å². The molecule has 4 rings (SSSR count). The smallest absolute Gasteiger partial charge is 0.253 e. The maximum atomic E-state index is 13.4. The summed E-state index contributed by atoms with van der Waals surface area (Å²) >= 11 is 0. The lowest BCUT2D eigenvalue weighted by Gasteiger charge is -2.46. The molecule has 0 bridgehead atoms. The number of nitrogens with zero attached hydrogens (tertiary/aromatic N) is 1. The van der Waals surface area contributed by atoms with Gasteiger partial charge in [0.2, 0.25) is 5.91 Å². The third-order valence-corrected chi connectivity index (χ3v) is 5.26. The number of benzene rings is 2. The van der Waals surface area contributed by atoms with Crippen LogP contribution in [0.4, 0.5) is 11.4 Å². The lowest BCUT2D eigenvalue weighted by atomic mass is 9.84. The van der Waals surface area contributed by atoms with Crippen molar-refractivity contribution in [3.05, 3.63) is 59.7 Å². The molecule has 0 radical (unpaired) electrons. The number of halogens is 1. The summed E-state index contributed by atoms with van der Waals surface area (Å²) in [4.78, 5) is 26.5. The number of nitrogens with one attached hydrogen (secondary N) is 2. The van der Waals surface area contributed by atoms with E-state index >= 15 is 0 Å². The van der Waals surface area contributed by atoms with Crippen LogP contribution in [0.15, 0.2) is 48.5 Å². The molecule has 142 valence electrons. The van der Waals surface area contributed by atoms with Crippen molar-refractivity contribution in [1.82, 2.24) is 5.32 Å². The number of para-hydroxylation sites is 2. The van der Waals surface area contributed by atoms with E-state index in [9.17, 15) is 9.59 Å². The van der Waals surface area contributed by atoms with E-state index < -0.39 is 11.4 Å². The predicted octanol–water partition coefficient (Wildman–Crippen LogP) is 2.29. The van der Waals surface area contributed by atoms with Crippen molar-refractivity contribution in [2.75, 3.05) is 23.3 Å². The number of nitrogens with two attached hydrogens (primary N) is 1. The number of piperidine rings is 1. The summed E-state index contributed by atoms with van der Waals surface area (Å²) < 4.78 is 0. The van der Waals surface area contributed by atoms with Gasteiger partial charge in [0.15, 0.2) is 0 Å². The number of anilines is 2. The number of hydrogen-bond donors (Lipinski definition) is 3. The van der Waals surface area contributed by atoms with E-state index in [1.807, 2.05) is 41.3 Å². The minimum absolute atomic E-state index is 0. The first kappa shape index (κ1) is 19.2. The van der Waals surface area contributed by atoms with E-state index in [4.69, 9.17) is 5.73 Å². The maximum Gasteiger partial charge on any atom is 0.253 e. The number of fused-ring (bicyclic) bond motifs is 1. The molecule has 2 aliphatic rings. The van der Waals surface area contributed by atoms with Crippen LogP contribution < -0.4 is 21.3 Å². The van der Waals surface area contributed by atoms with Crippen LogP contribution in [-0.2, 0) is 11.3 Å². The Hall–Kier alpha value is -2.57. The fourth-order valence-electron chi connectivity index (χ4n) is 3.80. The van der Waals surface area contributed by atoms with E-state index in [-0.39, 0.29) is 18.3 Å². The second-order valence-electron chi connectivity index (χ2n) is 6.93. The molecule has 4 N–H and O–H groups in total. The lowest BCUT2D eigenvalue weighted by molar-refractivity contribution is -0.124. The van der Waals surface area contributed by atoms with Gasteiger partial charge in [0, 0.05) is 5.56 Å². The van der Waals surface area contributed by atoms with E-state index in [1.54, 1.807) is 12.1 Å². The molecule has 2 aromatic rings. The van der Waals surface area contributed by atoms with Crippen molar-refractivity contribution < 1.29 is 9.59 Å². The maximum absolute atomic E-state index is 13.4. The molecular formula is C20H23ClN4O2. The number of hydrogen-bond acceptors (Lipinski definition) is 4. The lowest BCUT2D eigenvalue weighted by Crippen LogP contribution is -2.61. The first-order valence-corrected chi connectivity index (χ1v) is 8.88. The summed E-state index contributed by atoms with van der Waals surface area (Å²) in [5.74, 6) is -0.342. The number of amides is 2. The molecule has 0 saturated carbocycles. The standard InChI is InChI=1S/C20H22N4O2.ClH/c21-18(25)15-7-5-14(6-8-15)13-24-17-4-2-1-3-16(17)23-20(19(24)26)9-11-22-12-10-20;/h1-8,22-23H,9-13H2,(H2,21,25);1H. The third kappa shape index (κ3) is 3.50. The minimum atomic E-state index is -0.549. The zero-order valence-electron chi connectivity index (χ0n) is 14.9. The minimum Gasteiger partial charge on any atom is -0.369 e. The normalized spacial score (nSPS) is 17.6. The Morgan fingerprint density at radius 3 is 2.41 bits per heavy atom. The van der Waals surface area contributed by atoms with Crippen molar-refractivity contribution >= 4 is 35.6 Å². The Kier molecular flexibility index (Phi) is 5.39. The van der Waals surface area contributed by atoms with Crippen LogP contribution in [0.3, 0.4) is 0 Å². The third-order valence-electron chi connectivity index (χ3n) is 5.26. The van der Waals surface area contributed by atoms with Gasteiger partial charge in [0.1, 0.15) is 5.54 Å². The Labute approximate surface area is 164 Å². The van der Waals surface area contributed by atoms with Crippen LogP contribution in [-0.4, -0.2) is 30.4 Å². The SMILES string of the molecule is Cl.NC(=O)c1ccc(CN2C(=O)C3(CCNCC3)Nc3ccccc32)cc1. The van der Waals surface area contributed by atoms with Crippen molar-refractivity contribution in [1.29, 1.82) is 0 Å². The Balaban J connectivity index is 0.00000210. The fourth-order valence-corrected chi connectivity index (χ4v) is 3.80. The average Bonchev–Trinajstić information content (AvgIpc) is 2.66. The number of carbonyl (C=O) groups excluding carboxylic acids is 2. The highest BCUT2D eigenvalue weighted by Crippen LogP contribution is 2.39. The molecule has 0 atom stereocenters. The van der Waals surface area contributed by atoms with Crippen LogP contribution in [0.2, 0.25) is 0 Å². The van der Waals surface area contributed by atoms with Gasteiger partial charge >= 0.3 is 0 Å². The molecule has 7 heteroatoms. The quantitative estimate of drug-likeness (QED) is 0.755. The highest BCUT2D eigenvalue weighted by Gasteiger charge is 2.46. The van der Waals surface area contributed by atoms with Gasteiger partial charge in [-0.2, -0.15) is 0 Å². The number of primary amides is 1. The summed E-state index contributed by atoms with van der Waals surface area (Å²) in [5, 5.41) is 6.84. The van der Waals surface area contributed by atoms with Crippen molar-refractivity contribution in [3.8, 4) is 0 Å². The van der Waals surface area contributed by atoms with Gasteiger partial charge in [-0.05, 0) is 55.8 Å². The van der Waals surface area contributed by atoms with Gasteiger partial charge in [0.25, 0.3) is 5.91 Å². The van der Waals surface area contributed by atoms with Gasteiger partial charge < -0.3 is 21.3 Å². The highest BCUT2D eigenvalue weighted by atomic mass is 35.5. The summed E-state index contributed by atoms with van der Waals surface area (Å²) in [6, 6.07) is 15.0. The molecule has 6 nitrogen and oxygen atoms in total. The Morgan fingerprint density at radius 1 is 1.07 bits per heavy atom. The van der Waals surface area contributed by atoms with E-state index in [1.165, 1.54) is 0 Å². The Bertz CT molecular complexity index is 847. The molecule has 0 aliphatic carbocycles. The molecule has 1 saturated heterocycles. The molecule has 1 fully saturated rings. The predicted molar refractivity (Wildman–Crippen MR) is 108 cm³/mol. The molecule has 2 aliphatic heterocycles. The first-order valence-electron chi connectivity index (χ1n) is 8.88. The summed E-state index contributed by atoms with van der Waals surface area (Å²) in [6.45, 7) is 2.11. The van der Waals surface area contributed by atoms with Crippen LogP contribution in [0.1, 0.15) is 28.8 Å². The second kappa shape index (κ2) is 7.58. The molecule has 2 amide bonds. The molecule has 1 spiro atoms. The molecule has 0 unspecified atom stereocenters. The van der Waals surface area contributed by atoms with E-state index in [0.717, 1.165) is 42.9 Å². The molecular weight excluding hydrogens is 364 g/mol. The summed E-state index contributed by atoms with van der Waals surface area (Å²) in [5.41, 5.74) is 8.07. The molecule has 27 heavy (non-hydrogen) atoms. The molecule has 2 heterocycles. The number of carbonyl (C=O) groups is 2. The summed E-state index contributed by atoms with van der Waals surface area (Å²) in [6.07, 6.45) is 1.52. The zero-order chi connectivity index (χ0) is 18.1. The van der Waals surface area contributed by atoms with Gasteiger partial charge in [-0.25, -0.2) is 0 Å². The largest absolute Gasteiger partial charge is 0.369 e. The van der Waals surface area contributed by atoms with Gasteiger partial charge in [-0.3, -0.25) is 9.59 Å².